The van der Waals surface area contributed by atoms with Crippen LogP contribution in [-0.2, 0) is 4.74 Å². The molecule has 5 heteroatoms. The molecule has 0 aliphatic carbocycles. The molecule has 0 spiro atoms. The van der Waals surface area contributed by atoms with Crippen LogP contribution in [0.1, 0.15) is 40.2 Å². The van der Waals surface area contributed by atoms with Gasteiger partial charge in [0, 0.05) is 44.3 Å². The molecule has 5 nitrogen and oxygen atoms in total. The summed E-state index contributed by atoms with van der Waals surface area (Å²) in [4.78, 5) is 16.7. The number of piperazine rings is 1. The molecule has 1 amide bonds. The maximum Gasteiger partial charge on any atom is 0.248 e. The summed E-state index contributed by atoms with van der Waals surface area (Å²) in [5.74, 6) is -0.123. The largest absolute Gasteiger partial charge is 0.366 e. The number of nitrogens with zero attached hydrogens (tertiary/aromatic N) is 2. The van der Waals surface area contributed by atoms with E-state index in [2.05, 4.69) is 29.8 Å². The van der Waals surface area contributed by atoms with Crippen LogP contribution in [0.5, 0.6) is 0 Å². The van der Waals surface area contributed by atoms with Crippen molar-refractivity contribution < 1.29 is 9.53 Å². The van der Waals surface area contributed by atoms with Crippen LogP contribution in [0.2, 0.25) is 0 Å². The third-order valence-corrected chi connectivity index (χ3v) is 5.15. The van der Waals surface area contributed by atoms with E-state index in [1.165, 1.54) is 0 Å². The Balaban J connectivity index is 1.91. The van der Waals surface area contributed by atoms with Gasteiger partial charge in [-0.15, -0.1) is 0 Å². The molecule has 1 aromatic rings. The molecule has 1 aromatic carbocycles. The Morgan fingerprint density at radius 2 is 2.00 bits per heavy atom. The van der Waals surface area contributed by atoms with E-state index < -0.39 is 0 Å². The highest BCUT2D eigenvalue weighted by atomic mass is 16.5. The second kappa shape index (κ2) is 6.99. The molecule has 2 atom stereocenters. The number of benzene rings is 1. The number of rotatable bonds is 3. The molecular weight excluding hydrogens is 290 g/mol. The third kappa shape index (κ3) is 3.42. The maximum atomic E-state index is 11.9. The molecule has 2 N–H and O–H groups in total. The molecule has 23 heavy (non-hydrogen) atoms. The number of hydrogen-bond donors (Lipinski definition) is 1. The molecule has 2 aliphatic heterocycles. The van der Waals surface area contributed by atoms with Crippen molar-refractivity contribution in [3.05, 3.63) is 34.9 Å². The highest BCUT2D eigenvalue weighted by Crippen LogP contribution is 2.36. The molecule has 0 aromatic heterocycles. The Morgan fingerprint density at radius 1 is 1.26 bits per heavy atom. The molecule has 2 aliphatic rings. The standard InChI is InChI=1S/C18H27N3O2/c1-13-5-3-6-14(17(19)22)16(13)15-7-4-12-23-18(15)21-10-8-20(2)9-11-21/h3,5-6,15,18H,4,7-12H2,1-2H3,(H2,19,22). The van der Waals surface area contributed by atoms with Crippen LogP contribution < -0.4 is 5.73 Å². The van der Waals surface area contributed by atoms with Crippen LogP contribution in [-0.4, -0.2) is 61.8 Å². The van der Waals surface area contributed by atoms with Gasteiger partial charge in [0.25, 0.3) is 0 Å². The minimum atomic E-state index is -0.341. The summed E-state index contributed by atoms with van der Waals surface area (Å²) in [6, 6.07) is 5.82. The summed E-state index contributed by atoms with van der Waals surface area (Å²) in [6.07, 6.45) is 2.13. The molecule has 0 saturated carbocycles. The molecule has 3 rings (SSSR count). The summed E-state index contributed by atoms with van der Waals surface area (Å²) in [5.41, 5.74) is 8.51. The minimum Gasteiger partial charge on any atom is -0.366 e. The first-order valence-corrected chi connectivity index (χ1v) is 8.51. The maximum absolute atomic E-state index is 11.9. The normalized spacial score (nSPS) is 27.0. The van der Waals surface area contributed by atoms with Crippen LogP contribution in [0, 0.1) is 6.92 Å². The summed E-state index contributed by atoms with van der Waals surface area (Å²) in [7, 11) is 2.16. The molecule has 2 saturated heterocycles. The number of amides is 1. The number of primary amides is 1. The van der Waals surface area contributed by atoms with Gasteiger partial charge in [-0.1, -0.05) is 12.1 Å². The Bertz CT molecular complexity index is 567. The van der Waals surface area contributed by atoms with Gasteiger partial charge < -0.3 is 15.4 Å². The fourth-order valence-corrected chi connectivity index (χ4v) is 3.88. The quantitative estimate of drug-likeness (QED) is 0.919. The van der Waals surface area contributed by atoms with Crippen molar-refractivity contribution >= 4 is 5.91 Å². The second-order valence-corrected chi connectivity index (χ2v) is 6.75. The highest BCUT2D eigenvalue weighted by Gasteiger charge is 2.35. The summed E-state index contributed by atoms with van der Waals surface area (Å²) in [5, 5.41) is 0. The molecule has 2 fully saturated rings. The van der Waals surface area contributed by atoms with Crippen molar-refractivity contribution in [2.75, 3.05) is 39.8 Å². The smallest absolute Gasteiger partial charge is 0.248 e. The van der Waals surface area contributed by atoms with E-state index in [1.54, 1.807) is 0 Å². The fourth-order valence-electron chi connectivity index (χ4n) is 3.88. The summed E-state index contributed by atoms with van der Waals surface area (Å²) in [6.45, 7) is 7.00. The van der Waals surface area contributed by atoms with Crippen LogP contribution >= 0.6 is 0 Å². The molecule has 2 heterocycles. The van der Waals surface area contributed by atoms with Gasteiger partial charge in [-0.05, 0) is 44.0 Å². The lowest BCUT2D eigenvalue weighted by atomic mass is 9.84. The van der Waals surface area contributed by atoms with Crippen molar-refractivity contribution in [1.82, 2.24) is 9.80 Å². The molecule has 126 valence electrons. The lowest BCUT2D eigenvalue weighted by Gasteiger charge is -2.44. The van der Waals surface area contributed by atoms with Crippen molar-refractivity contribution in [3.63, 3.8) is 0 Å². The van der Waals surface area contributed by atoms with Crippen LogP contribution in [0.4, 0.5) is 0 Å². The highest BCUT2D eigenvalue weighted by molar-refractivity contribution is 5.94. The van der Waals surface area contributed by atoms with Crippen molar-refractivity contribution in [1.29, 1.82) is 0 Å². The van der Waals surface area contributed by atoms with Crippen molar-refractivity contribution in [2.45, 2.75) is 31.9 Å². The van der Waals surface area contributed by atoms with Gasteiger partial charge in [-0.3, -0.25) is 9.69 Å². The predicted octanol–water partition coefficient (Wildman–Crippen LogP) is 1.56. The van der Waals surface area contributed by atoms with E-state index in [9.17, 15) is 4.79 Å². The number of nitrogens with two attached hydrogens (primary N) is 1. The van der Waals surface area contributed by atoms with Gasteiger partial charge in [0.15, 0.2) is 0 Å². The number of carbonyl (C=O) groups excluding carboxylic acids is 1. The first kappa shape index (κ1) is 16.4. The minimum absolute atomic E-state index is 0.0525. The first-order valence-electron chi connectivity index (χ1n) is 8.51. The van der Waals surface area contributed by atoms with E-state index in [0.29, 0.717) is 5.56 Å². The average molecular weight is 317 g/mol. The Labute approximate surface area is 138 Å². The Kier molecular flexibility index (Phi) is 4.99. The van der Waals surface area contributed by atoms with Crippen LogP contribution in [0.15, 0.2) is 18.2 Å². The molecule has 0 radical (unpaired) electrons. The van der Waals surface area contributed by atoms with Crippen LogP contribution in [0.25, 0.3) is 0 Å². The van der Waals surface area contributed by atoms with Crippen molar-refractivity contribution in [2.24, 2.45) is 5.73 Å². The topological polar surface area (TPSA) is 58.8 Å². The average Bonchev–Trinajstić information content (AvgIpc) is 2.55. The summed E-state index contributed by atoms with van der Waals surface area (Å²) < 4.78 is 6.16. The predicted molar refractivity (Wildman–Crippen MR) is 90.5 cm³/mol. The van der Waals surface area contributed by atoms with Gasteiger partial charge in [0.05, 0.1) is 0 Å². The van der Waals surface area contributed by atoms with E-state index in [-0.39, 0.29) is 18.1 Å². The first-order chi connectivity index (χ1) is 11.1. The van der Waals surface area contributed by atoms with Gasteiger partial charge in [0.2, 0.25) is 5.91 Å². The zero-order valence-corrected chi connectivity index (χ0v) is 14.1. The van der Waals surface area contributed by atoms with Gasteiger partial charge in [0.1, 0.15) is 6.23 Å². The van der Waals surface area contributed by atoms with Crippen LogP contribution in [0.3, 0.4) is 0 Å². The van der Waals surface area contributed by atoms with E-state index in [4.69, 9.17) is 10.5 Å². The fraction of sp³-hybridized carbons (Fsp3) is 0.611. The molecular formula is C18H27N3O2. The van der Waals surface area contributed by atoms with Gasteiger partial charge in [-0.25, -0.2) is 0 Å². The van der Waals surface area contributed by atoms with E-state index in [1.807, 2.05) is 12.1 Å². The van der Waals surface area contributed by atoms with Crippen molar-refractivity contribution in [3.8, 4) is 0 Å². The van der Waals surface area contributed by atoms with Gasteiger partial charge >= 0.3 is 0 Å². The molecule has 2 unspecified atom stereocenters. The third-order valence-electron chi connectivity index (χ3n) is 5.15. The molecule has 0 bridgehead atoms. The monoisotopic (exact) mass is 317 g/mol. The second-order valence-electron chi connectivity index (χ2n) is 6.75. The number of aryl methyl sites for hydroxylation is 1. The van der Waals surface area contributed by atoms with E-state index in [0.717, 1.165) is 56.8 Å². The number of carbonyl (C=O) groups is 1. The Hall–Kier alpha value is -1.43. The summed E-state index contributed by atoms with van der Waals surface area (Å²) >= 11 is 0. The zero-order valence-electron chi connectivity index (χ0n) is 14.1. The Morgan fingerprint density at radius 3 is 2.70 bits per heavy atom. The SMILES string of the molecule is Cc1cccc(C(N)=O)c1C1CCCOC1N1CCN(C)CC1. The number of ether oxygens (including phenoxy) is 1. The lowest BCUT2D eigenvalue weighted by molar-refractivity contribution is -0.110. The lowest BCUT2D eigenvalue weighted by Crippen LogP contribution is -2.53. The number of likely N-dealkylation sites (N-methyl/N-ethyl adjacent to an activating group) is 1. The van der Waals surface area contributed by atoms with E-state index >= 15 is 0 Å². The van der Waals surface area contributed by atoms with Gasteiger partial charge in [-0.2, -0.15) is 0 Å². The number of hydrogen-bond acceptors (Lipinski definition) is 4. The zero-order chi connectivity index (χ0) is 16.4.